The zero-order chi connectivity index (χ0) is 12.0. The molecule has 1 aromatic heterocycles. The Morgan fingerprint density at radius 1 is 1.50 bits per heavy atom. The van der Waals surface area contributed by atoms with Gasteiger partial charge in [-0.2, -0.15) is 0 Å². The van der Waals surface area contributed by atoms with Crippen LogP contribution in [0.1, 0.15) is 32.1 Å². The average Bonchev–Trinajstić information content (AvgIpc) is 2.71. The highest BCUT2D eigenvalue weighted by atomic mass is 32.1. The molecule has 92 valence electrons. The van der Waals surface area contributed by atoms with E-state index in [0.29, 0.717) is 6.04 Å². The van der Waals surface area contributed by atoms with Crippen LogP contribution in [-0.4, -0.2) is 25.3 Å². The molecule has 0 bridgehead atoms. The fourth-order valence-electron chi connectivity index (χ4n) is 2.05. The van der Waals surface area contributed by atoms with Gasteiger partial charge in [-0.3, -0.25) is 0 Å². The Morgan fingerprint density at radius 2 is 2.25 bits per heavy atom. The van der Waals surface area contributed by atoms with Crippen LogP contribution in [0.25, 0.3) is 0 Å². The lowest BCUT2D eigenvalue weighted by Crippen LogP contribution is -2.47. The first-order valence-corrected chi connectivity index (χ1v) is 6.81. The highest BCUT2D eigenvalue weighted by Crippen LogP contribution is 2.20. The predicted octanol–water partition coefficient (Wildman–Crippen LogP) is 3.08. The van der Waals surface area contributed by atoms with Gasteiger partial charge in [0.1, 0.15) is 0 Å². The van der Waals surface area contributed by atoms with Crippen LogP contribution in [0, 0.1) is 0 Å². The molecule has 1 atom stereocenters. The lowest BCUT2D eigenvalue weighted by atomic mass is 9.94. The molecular weight excluding hydrogens is 218 g/mol. The van der Waals surface area contributed by atoms with Crippen molar-refractivity contribution < 1.29 is 4.74 Å². The monoisotopic (exact) mass is 241 g/mol. The third-order valence-corrected chi connectivity index (χ3v) is 3.90. The minimum absolute atomic E-state index is 0.0965. The van der Waals surface area contributed by atoms with E-state index in [1.54, 1.807) is 0 Å². The fraction of sp³-hybridized carbons (Fsp3) is 0.692. The third kappa shape index (κ3) is 3.89. The zero-order valence-corrected chi connectivity index (χ0v) is 11.6. The first-order valence-electron chi connectivity index (χ1n) is 5.93. The predicted molar refractivity (Wildman–Crippen MR) is 71.2 cm³/mol. The van der Waals surface area contributed by atoms with E-state index in [1.165, 1.54) is 4.88 Å². The van der Waals surface area contributed by atoms with Crippen LogP contribution in [0.5, 0.6) is 0 Å². The van der Waals surface area contributed by atoms with E-state index in [-0.39, 0.29) is 5.60 Å². The van der Waals surface area contributed by atoms with Crippen molar-refractivity contribution in [3.05, 3.63) is 22.4 Å². The molecule has 1 heterocycles. The Morgan fingerprint density at radius 3 is 2.75 bits per heavy atom. The van der Waals surface area contributed by atoms with E-state index >= 15 is 0 Å². The smallest absolute Gasteiger partial charge is 0.0778 e. The minimum atomic E-state index is -0.0965. The Balaban J connectivity index is 2.48. The van der Waals surface area contributed by atoms with Crippen molar-refractivity contribution in [2.24, 2.45) is 0 Å². The molecule has 0 radical (unpaired) electrons. The third-order valence-electron chi connectivity index (χ3n) is 2.96. The van der Waals surface area contributed by atoms with Crippen molar-refractivity contribution in [2.45, 2.75) is 45.3 Å². The number of likely N-dealkylation sites (N-methyl/N-ethyl adjacent to an activating group) is 1. The Bertz CT molecular complexity index is 282. The summed E-state index contributed by atoms with van der Waals surface area (Å²) in [6, 6.07) is 4.71. The fourth-order valence-corrected chi connectivity index (χ4v) is 2.78. The van der Waals surface area contributed by atoms with E-state index in [0.717, 1.165) is 19.4 Å². The maximum absolute atomic E-state index is 5.79. The number of thiophene rings is 1. The highest BCUT2D eigenvalue weighted by Gasteiger charge is 2.28. The van der Waals surface area contributed by atoms with Gasteiger partial charge in [0.2, 0.25) is 0 Å². The number of nitrogens with one attached hydrogen (secondary N) is 1. The molecule has 3 heteroatoms. The van der Waals surface area contributed by atoms with Crippen LogP contribution < -0.4 is 5.32 Å². The van der Waals surface area contributed by atoms with E-state index in [4.69, 9.17) is 4.74 Å². The Hall–Kier alpha value is -0.380. The normalized spacial score (nSPS) is 14.0. The summed E-state index contributed by atoms with van der Waals surface area (Å²) in [5.74, 6) is 0. The molecule has 2 nitrogen and oxygen atoms in total. The molecule has 0 aliphatic carbocycles. The van der Waals surface area contributed by atoms with Gasteiger partial charge in [-0.25, -0.2) is 0 Å². The molecule has 16 heavy (non-hydrogen) atoms. The number of aryl methyl sites for hydroxylation is 1. The van der Waals surface area contributed by atoms with Crippen molar-refractivity contribution in [3.8, 4) is 0 Å². The molecule has 1 aromatic rings. The second kappa shape index (κ2) is 6.38. The first-order chi connectivity index (χ1) is 7.60. The molecule has 0 fully saturated rings. The standard InChI is InChI=1S/C13H23NOS/c1-5-15-13(2,3)12(14-4)9-8-11-7-6-10-16-11/h6-7,10,12,14H,5,8-9H2,1-4H3. The van der Waals surface area contributed by atoms with Crippen molar-refractivity contribution >= 4 is 11.3 Å². The number of ether oxygens (including phenoxy) is 1. The van der Waals surface area contributed by atoms with Crippen molar-refractivity contribution in [1.82, 2.24) is 5.32 Å². The van der Waals surface area contributed by atoms with Gasteiger partial charge < -0.3 is 10.1 Å². The first kappa shape index (κ1) is 13.7. The van der Waals surface area contributed by atoms with Gasteiger partial charge in [0, 0.05) is 17.5 Å². The molecule has 1 unspecified atom stereocenters. The van der Waals surface area contributed by atoms with Gasteiger partial charge in [0.05, 0.1) is 5.60 Å². The summed E-state index contributed by atoms with van der Waals surface area (Å²) >= 11 is 1.83. The van der Waals surface area contributed by atoms with Crippen LogP contribution in [0.4, 0.5) is 0 Å². The largest absolute Gasteiger partial charge is 0.374 e. The summed E-state index contributed by atoms with van der Waals surface area (Å²) in [5.41, 5.74) is -0.0965. The highest BCUT2D eigenvalue weighted by molar-refractivity contribution is 7.09. The van der Waals surface area contributed by atoms with Crippen molar-refractivity contribution in [3.63, 3.8) is 0 Å². The number of hydrogen-bond donors (Lipinski definition) is 1. The van der Waals surface area contributed by atoms with Gasteiger partial charge in [-0.05, 0) is 52.1 Å². The lowest BCUT2D eigenvalue weighted by Gasteiger charge is -2.34. The van der Waals surface area contributed by atoms with Gasteiger partial charge in [-0.1, -0.05) is 6.07 Å². The topological polar surface area (TPSA) is 21.3 Å². The van der Waals surface area contributed by atoms with Crippen LogP contribution in [0.2, 0.25) is 0 Å². The van der Waals surface area contributed by atoms with E-state index in [1.807, 2.05) is 25.3 Å². The quantitative estimate of drug-likeness (QED) is 0.792. The maximum Gasteiger partial charge on any atom is 0.0778 e. The second-order valence-electron chi connectivity index (χ2n) is 4.50. The Labute approximate surface area is 103 Å². The maximum atomic E-state index is 5.79. The van der Waals surface area contributed by atoms with Gasteiger partial charge in [0.15, 0.2) is 0 Å². The summed E-state index contributed by atoms with van der Waals surface area (Å²) in [7, 11) is 2.01. The van der Waals surface area contributed by atoms with Gasteiger partial charge in [-0.15, -0.1) is 11.3 Å². The van der Waals surface area contributed by atoms with Crippen LogP contribution >= 0.6 is 11.3 Å². The molecule has 0 aromatic carbocycles. The van der Waals surface area contributed by atoms with E-state index in [2.05, 4.69) is 36.7 Å². The molecule has 0 amide bonds. The molecule has 0 spiro atoms. The van der Waals surface area contributed by atoms with Crippen molar-refractivity contribution in [1.29, 1.82) is 0 Å². The number of hydrogen-bond acceptors (Lipinski definition) is 3. The summed E-state index contributed by atoms with van der Waals surface area (Å²) in [6.45, 7) is 7.14. The van der Waals surface area contributed by atoms with E-state index < -0.39 is 0 Å². The molecular formula is C13H23NOS. The Kier molecular flexibility index (Phi) is 5.46. The van der Waals surface area contributed by atoms with Crippen LogP contribution in [0.3, 0.4) is 0 Å². The van der Waals surface area contributed by atoms with Crippen molar-refractivity contribution in [2.75, 3.05) is 13.7 Å². The molecule has 1 rings (SSSR count). The second-order valence-corrected chi connectivity index (χ2v) is 5.53. The molecule has 0 saturated carbocycles. The summed E-state index contributed by atoms with van der Waals surface area (Å²) in [5, 5.41) is 5.51. The average molecular weight is 241 g/mol. The molecule has 0 aliphatic rings. The minimum Gasteiger partial charge on any atom is -0.374 e. The zero-order valence-electron chi connectivity index (χ0n) is 10.7. The van der Waals surface area contributed by atoms with Gasteiger partial charge >= 0.3 is 0 Å². The number of rotatable bonds is 7. The lowest BCUT2D eigenvalue weighted by molar-refractivity contribution is -0.0382. The van der Waals surface area contributed by atoms with Crippen LogP contribution in [0.15, 0.2) is 17.5 Å². The van der Waals surface area contributed by atoms with Gasteiger partial charge in [0.25, 0.3) is 0 Å². The molecule has 1 N–H and O–H groups in total. The summed E-state index contributed by atoms with van der Waals surface area (Å²) in [6.07, 6.45) is 2.24. The summed E-state index contributed by atoms with van der Waals surface area (Å²) < 4.78 is 5.79. The molecule has 0 aliphatic heterocycles. The van der Waals surface area contributed by atoms with E-state index in [9.17, 15) is 0 Å². The summed E-state index contributed by atoms with van der Waals surface area (Å²) in [4.78, 5) is 1.45. The van der Waals surface area contributed by atoms with Crippen LogP contribution in [-0.2, 0) is 11.2 Å². The SMILES string of the molecule is CCOC(C)(C)C(CCc1cccs1)NC. The molecule has 0 saturated heterocycles.